The van der Waals surface area contributed by atoms with E-state index in [9.17, 15) is 4.79 Å². The van der Waals surface area contributed by atoms with Crippen molar-refractivity contribution in [3.63, 3.8) is 0 Å². The van der Waals surface area contributed by atoms with Crippen molar-refractivity contribution in [3.05, 3.63) is 88.9 Å². The molecule has 4 rings (SSSR count). The van der Waals surface area contributed by atoms with Gasteiger partial charge in [-0.2, -0.15) is 0 Å². The summed E-state index contributed by atoms with van der Waals surface area (Å²) in [5.41, 5.74) is 3.14. The Labute approximate surface area is 163 Å². The molecule has 140 valence electrons. The number of para-hydroxylation sites is 1. The summed E-state index contributed by atoms with van der Waals surface area (Å²) in [4.78, 5) is 16.6. The van der Waals surface area contributed by atoms with Gasteiger partial charge in [0.25, 0.3) is 0 Å². The van der Waals surface area contributed by atoms with Crippen LogP contribution in [0.3, 0.4) is 0 Å². The van der Waals surface area contributed by atoms with E-state index in [0.717, 1.165) is 22.4 Å². The molecule has 2 heterocycles. The Kier molecular flexibility index (Phi) is 4.81. The Morgan fingerprint density at radius 1 is 1.04 bits per heavy atom. The van der Waals surface area contributed by atoms with Gasteiger partial charge in [-0.3, -0.25) is 9.78 Å². The number of nitrogens with zero attached hydrogens (tertiary/aromatic N) is 1. The van der Waals surface area contributed by atoms with Gasteiger partial charge >= 0.3 is 0 Å². The molecule has 0 amide bonds. The average molecular weight is 373 g/mol. The zero-order chi connectivity index (χ0) is 19.5. The van der Waals surface area contributed by atoms with Crippen LogP contribution in [0.25, 0.3) is 6.08 Å². The number of rotatable bonds is 5. The van der Waals surface area contributed by atoms with Gasteiger partial charge in [0, 0.05) is 23.5 Å². The molecule has 5 nitrogen and oxygen atoms in total. The van der Waals surface area contributed by atoms with Crippen LogP contribution in [0.2, 0.25) is 0 Å². The number of ketones is 1. The van der Waals surface area contributed by atoms with Crippen molar-refractivity contribution >= 4 is 11.9 Å². The Morgan fingerprint density at radius 3 is 2.61 bits per heavy atom. The summed E-state index contributed by atoms with van der Waals surface area (Å²) >= 11 is 0. The maximum atomic E-state index is 12.7. The summed E-state index contributed by atoms with van der Waals surface area (Å²) in [5.74, 6) is 2.15. The second-order valence-electron chi connectivity index (χ2n) is 6.39. The lowest BCUT2D eigenvalue weighted by Crippen LogP contribution is -2.00. The molecule has 3 aromatic rings. The largest absolute Gasteiger partial charge is 0.496 e. The first-order valence-electron chi connectivity index (χ1n) is 8.90. The first-order chi connectivity index (χ1) is 13.7. The molecule has 0 saturated carbocycles. The topological polar surface area (TPSA) is 57.6 Å². The number of pyridine rings is 1. The maximum Gasteiger partial charge on any atom is 0.231 e. The predicted molar refractivity (Wildman–Crippen MR) is 106 cm³/mol. The number of allylic oxidation sites excluding steroid dienone is 1. The Morgan fingerprint density at radius 2 is 1.82 bits per heavy atom. The van der Waals surface area contributed by atoms with E-state index in [1.165, 1.54) is 0 Å². The Balaban J connectivity index is 1.58. The number of Topliss-reactive ketones (excluding diaryl/α,β-unsaturated/α-hetero) is 1. The second kappa shape index (κ2) is 7.56. The number of benzene rings is 2. The third-order valence-corrected chi connectivity index (χ3v) is 4.62. The SMILES string of the molecule is COc1ccccc1COc1ccc2c(c1C)O/C(=C\c1ccncc1)C2=O. The molecule has 0 fully saturated rings. The third kappa shape index (κ3) is 3.34. The summed E-state index contributed by atoms with van der Waals surface area (Å²) < 4.78 is 17.2. The summed E-state index contributed by atoms with van der Waals surface area (Å²) in [6, 6.07) is 14.9. The van der Waals surface area contributed by atoms with E-state index < -0.39 is 0 Å². The maximum absolute atomic E-state index is 12.7. The van der Waals surface area contributed by atoms with E-state index in [4.69, 9.17) is 14.2 Å². The number of aromatic nitrogens is 1. The van der Waals surface area contributed by atoms with Gasteiger partial charge in [0.2, 0.25) is 5.78 Å². The van der Waals surface area contributed by atoms with Crippen molar-refractivity contribution in [2.45, 2.75) is 13.5 Å². The second-order valence-corrected chi connectivity index (χ2v) is 6.39. The van der Waals surface area contributed by atoms with Gasteiger partial charge in [-0.1, -0.05) is 18.2 Å². The fourth-order valence-electron chi connectivity index (χ4n) is 3.11. The molecule has 0 N–H and O–H groups in total. The minimum atomic E-state index is -0.133. The molecule has 1 aliphatic rings. The molecule has 28 heavy (non-hydrogen) atoms. The molecule has 5 heteroatoms. The van der Waals surface area contributed by atoms with Crippen molar-refractivity contribution in [1.29, 1.82) is 0 Å². The normalized spacial score (nSPS) is 13.9. The van der Waals surface area contributed by atoms with Crippen molar-refractivity contribution in [3.8, 4) is 17.2 Å². The Hall–Kier alpha value is -3.60. The van der Waals surface area contributed by atoms with Crippen LogP contribution in [-0.4, -0.2) is 17.9 Å². The third-order valence-electron chi connectivity index (χ3n) is 4.62. The Bertz CT molecular complexity index is 1060. The molecule has 0 aliphatic carbocycles. The van der Waals surface area contributed by atoms with Gasteiger partial charge in [-0.05, 0) is 48.9 Å². The molecule has 1 aliphatic heterocycles. The van der Waals surface area contributed by atoms with Crippen molar-refractivity contribution < 1.29 is 19.0 Å². The van der Waals surface area contributed by atoms with Crippen LogP contribution in [0, 0.1) is 6.92 Å². The van der Waals surface area contributed by atoms with Gasteiger partial charge in [-0.15, -0.1) is 0 Å². The highest BCUT2D eigenvalue weighted by atomic mass is 16.5. The van der Waals surface area contributed by atoms with Crippen LogP contribution in [-0.2, 0) is 6.61 Å². The molecule has 0 unspecified atom stereocenters. The molecule has 2 aromatic carbocycles. The van der Waals surface area contributed by atoms with Gasteiger partial charge < -0.3 is 14.2 Å². The van der Waals surface area contributed by atoms with E-state index in [0.29, 0.717) is 29.4 Å². The minimum Gasteiger partial charge on any atom is -0.496 e. The molecule has 0 saturated heterocycles. The van der Waals surface area contributed by atoms with E-state index in [1.54, 1.807) is 37.7 Å². The summed E-state index contributed by atoms with van der Waals surface area (Å²) in [6.45, 7) is 2.25. The standard InChI is InChI=1S/C23H19NO4/c1-15-19(27-14-17-5-3-4-6-20(17)26-2)8-7-18-22(25)21(28-23(15)18)13-16-9-11-24-12-10-16/h3-13H,14H2,1-2H3/b21-13-. The van der Waals surface area contributed by atoms with Crippen molar-refractivity contribution in [2.75, 3.05) is 7.11 Å². The van der Waals surface area contributed by atoms with Crippen LogP contribution in [0.15, 0.2) is 66.7 Å². The molecule has 0 atom stereocenters. The van der Waals surface area contributed by atoms with Gasteiger partial charge in [0.1, 0.15) is 23.9 Å². The van der Waals surface area contributed by atoms with Crippen LogP contribution in [0.1, 0.15) is 27.0 Å². The lowest BCUT2D eigenvalue weighted by Gasteiger charge is -2.13. The molecule has 0 spiro atoms. The highest BCUT2D eigenvalue weighted by molar-refractivity contribution is 6.14. The van der Waals surface area contributed by atoms with E-state index in [-0.39, 0.29) is 5.78 Å². The zero-order valence-corrected chi connectivity index (χ0v) is 15.6. The molecule has 1 aromatic heterocycles. The molecule has 0 radical (unpaired) electrons. The quantitative estimate of drug-likeness (QED) is 0.612. The molecular formula is C23H19NO4. The smallest absolute Gasteiger partial charge is 0.231 e. The highest BCUT2D eigenvalue weighted by Crippen LogP contribution is 2.39. The average Bonchev–Trinajstić information content (AvgIpc) is 3.05. The first kappa shape index (κ1) is 17.8. The number of carbonyl (C=O) groups is 1. The lowest BCUT2D eigenvalue weighted by molar-refractivity contribution is 0.101. The molecule has 0 bridgehead atoms. The summed E-state index contributed by atoms with van der Waals surface area (Å²) in [5, 5.41) is 0. The van der Waals surface area contributed by atoms with Gasteiger partial charge in [-0.25, -0.2) is 0 Å². The predicted octanol–water partition coefficient (Wildman–Crippen LogP) is 4.59. The van der Waals surface area contributed by atoms with Crippen molar-refractivity contribution in [1.82, 2.24) is 4.98 Å². The fraction of sp³-hybridized carbons (Fsp3) is 0.130. The van der Waals surface area contributed by atoms with Gasteiger partial charge in [0.05, 0.1) is 12.7 Å². The number of hydrogen-bond acceptors (Lipinski definition) is 5. The number of hydrogen-bond donors (Lipinski definition) is 0. The van der Waals surface area contributed by atoms with E-state index >= 15 is 0 Å². The number of ether oxygens (including phenoxy) is 3. The number of methoxy groups -OCH3 is 1. The number of fused-ring (bicyclic) bond motifs is 1. The van der Waals surface area contributed by atoms with Gasteiger partial charge in [0.15, 0.2) is 5.76 Å². The number of carbonyl (C=O) groups excluding carboxylic acids is 1. The fourth-order valence-corrected chi connectivity index (χ4v) is 3.11. The highest BCUT2D eigenvalue weighted by Gasteiger charge is 2.30. The zero-order valence-electron chi connectivity index (χ0n) is 15.6. The first-order valence-corrected chi connectivity index (χ1v) is 8.90. The van der Waals surface area contributed by atoms with E-state index in [2.05, 4.69) is 4.98 Å². The molecular weight excluding hydrogens is 354 g/mol. The van der Waals surface area contributed by atoms with Crippen LogP contribution < -0.4 is 14.2 Å². The van der Waals surface area contributed by atoms with E-state index in [1.807, 2.05) is 43.3 Å². The monoisotopic (exact) mass is 373 g/mol. The van der Waals surface area contributed by atoms with Crippen LogP contribution >= 0.6 is 0 Å². The van der Waals surface area contributed by atoms with Crippen LogP contribution in [0.5, 0.6) is 17.2 Å². The minimum absolute atomic E-state index is 0.133. The summed E-state index contributed by atoms with van der Waals surface area (Å²) in [6.07, 6.45) is 5.07. The summed E-state index contributed by atoms with van der Waals surface area (Å²) in [7, 11) is 1.63. The lowest BCUT2D eigenvalue weighted by atomic mass is 10.1. The van der Waals surface area contributed by atoms with Crippen molar-refractivity contribution in [2.24, 2.45) is 0 Å². The van der Waals surface area contributed by atoms with Crippen LogP contribution in [0.4, 0.5) is 0 Å².